The molecule has 2 N–H and O–H groups in total. The molecule has 0 amide bonds. The summed E-state index contributed by atoms with van der Waals surface area (Å²) in [6.07, 6.45) is -4.46. The predicted molar refractivity (Wildman–Crippen MR) is 82.8 cm³/mol. The first-order chi connectivity index (χ1) is 11.6. The van der Waals surface area contributed by atoms with Gasteiger partial charge in [0.05, 0.1) is 22.3 Å². The molecular weight excluding hydrogens is 342 g/mol. The number of hydrogen-bond donors (Lipinski definition) is 2. The molecule has 0 aliphatic heterocycles. The number of fused-ring (bicyclic) bond motifs is 1. The first kappa shape index (κ1) is 17.0. The van der Waals surface area contributed by atoms with E-state index in [1.807, 2.05) is 0 Å². The number of hydrogen-bond acceptors (Lipinski definition) is 3. The Morgan fingerprint density at radius 2 is 2.00 bits per heavy atom. The molecule has 2 heterocycles. The van der Waals surface area contributed by atoms with Gasteiger partial charge in [-0.2, -0.15) is 18.3 Å². The summed E-state index contributed by atoms with van der Waals surface area (Å²) in [6.45, 7) is 1.78. The van der Waals surface area contributed by atoms with Gasteiger partial charge < -0.3 is 10.1 Å². The smallest absolute Gasteiger partial charge is 0.419 e. The summed E-state index contributed by atoms with van der Waals surface area (Å²) in [5.74, 6) is -2.18. The number of benzene rings is 1. The molecule has 3 rings (SSSR count). The van der Waals surface area contributed by atoms with Crippen molar-refractivity contribution >= 4 is 11.0 Å². The highest BCUT2D eigenvalue weighted by molar-refractivity contribution is 5.84. The van der Waals surface area contributed by atoms with E-state index in [9.17, 15) is 27.5 Å². The van der Waals surface area contributed by atoms with Crippen LogP contribution in [0.15, 0.2) is 23.0 Å². The Kier molecular flexibility index (Phi) is 3.81. The molecule has 132 valence electrons. The van der Waals surface area contributed by atoms with Crippen molar-refractivity contribution < 1.29 is 22.7 Å². The van der Waals surface area contributed by atoms with Crippen LogP contribution in [0.1, 0.15) is 18.2 Å². The van der Waals surface area contributed by atoms with Crippen molar-refractivity contribution in [3.63, 3.8) is 0 Å². The molecule has 9 heteroatoms. The Morgan fingerprint density at radius 1 is 1.32 bits per heavy atom. The van der Waals surface area contributed by atoms with Gasteiger partial charge in [-0.3, -0.25) is 9.48 Å². The normalized spacial score (nSPS) is 12.1. The molecule has 5 nitrogen and oxygen atoms in total. The summed E-state index contributed by atoms with van der Waals surface area (Å²) in [5, 5.41) is 14.5. The maximum atomic E-state index is 13.5. The van der Waals surface area contributed by atoms with E-state index in [4.69, 9.17) is 0 Å². The molecule has 25 heavy (non-hydrogen) atoms. The largest absolute Gasteiger partial charge is 0.503 e. The zero-order valence-electron chi connectivity index (χ0n) is 13.2. The molecule has 1 aromatic carbocycles. The molecule has 0 unspecified atom stereocenters. The molecule has 0 atom stereocenters. The van der Waals surface area contributed by atoms with Crippen LogP contribution < -0.4 is 5.43 Å². The van der Waals surface area contributed by atoms with Crippen LogP contribution in [0, 0.1) is 5.82 Å². The average molecular weight is 355 g/mol. The third-order valence-electron chi connectivity index (χ3n) is 3.94. The van der Waals surface area contributed by atoms with E-state index in [1.165, 1.54) is 4.68 Å². The summed E-state index contributed by atoms with van der Waals surface area (Å²) in [7, 11) is 1.56. The van der Waals surface area contributed by atoms with Gasteiger partial charge in [0.25, 0.3) is 0 Å². The van der Waals surface area contributed by atoms with E-state index in [2.05, 4.69) is 10.1 Å². The highest BCUT2D eigenvalue weighted by atomic mass is 19.4. The van der Waals surface area contributed by atoms with Crippen molar-refractivity contribution in [2.24, 2.45) is 7.05 Å². The fourth-order valence-electron chi connectivity index (χ4n) is 2.73. The second-order valence-electron chi connectivity index (χ2n) is 5.52. The molecule has 0 saturated heterocycles. The lowest BCUT2D eigenvalue weighted by Crippen LogP contribution is -2.10. The predicted octanol–water partition coefficient (Wildman–Crippen LogP) is 3.35. The maximum absolute atomic E-state index is 13.5. The summed E-state index contributed by atoms with van der Waals surface area (Å²) >= 11 is 0. The highest BCUT2D eigenvalue weighted by Gasteiger charge is 2.34. The average Bonchev–Trinajstić information content (AvgIpc) is 2.86. The number of alkyl halides is 3. The van der Waals surface area contributed by atoms with Crippen LogP contribution in [0.3, 0.4) is 0 Å². The third kappa shape index (κ3) is 2.65. The van der Waals surface area contributed by atoms with Gasteiger partial charge in [0.15, 0.2) is 5.75 Å². The Hall–Kier alpha value is -2.84. The van der Waals surface area contributed by atoms with E-state index in [-0.39, 0.29) is 22.3 Å². The molecule has 0 fully saturated rings. The Bertz CT molecular complexity index is 1030. The minimum Gasteiger partial charge on any atom is -0.503 e. The van der Waals surface area contributed by atoms with Gasteiger partial charge in [-0.05, 0) is 24.6 Å². The fourth-order valence-corrected chi connectivity index (χ4v) is 2.73. The van der Waals surface area contributed by atoms with Crippen LogP contribution in [0.25, 0.3) is 22.3 Å². The summed E-state index contributed by atoms with van der Waals surface area (Å²) < 4.78 is 53.5. The first-order valence-electron chi connectivity index (χ1n) is 7.33. The summed E-state index contributed by atoms with van der Waals surface area (Å²) in [6, 6.07) is 2.24. The van der Waals surface area contributed by atoms with Gasteiger partial charge in [0.1, 0.15) is 11.5 Å². The van der Waals surface area contributed by atoms with Gasteiger partial charge >= 0.3 is 6.18 Å². The van der Waals surface area contributed by atoms with Crippen molar-refractivity contribution in [3.8, 4) is 17.0 Å². The fraction of sp³-hybridized carbons (Fsp3) is 0.250. The zero-order chi connectivity index (χ0) is 18.5. The lowest BCUT2D eigenvalue weighted by Gasteiger charge is -2.11. The lowest BCUT2D eigenvalue weighted by molar-refractivity contribution is -0.139. The minimum absolute atomic E-state index is 0.163. The van der Waals surface area contributed by atoms with Crippen LogP contribution in [0.4, 0.5) is 17.6 Å². The molecule has 0 aliphatic carbocycles. The Morgan fingerprint density at radius 3 is 2.60 bits per heavy atom. The topological polar surface area (TPSA) is 70.9 Å². The SMILES string of the molecule is CCc1nn(C)c2[nH]c(-c3ccc(F)c(C(F)(F)F)c3)c(O)c(=O)c12. The van der Waals surface area contributed by atoms with Crippen LogP contribution in [0.5, 0.6) is 5.75 Å². The van der Waals surface area contributed by atoms with Crippen molar-refractivity contribution in [1.29, 1.82) is 0 Å². The van der Waals surface area contributed by atoms with Gasteiger partial charge in [0, 0.05) is 12.6 Å². The van der Waals surface area contributed by atoms with E-state index >= 15 is 0 Å². The van der Waals surface area contributed by atoms with Crippen molar-refractivity contribution in [3.05, 3.63) is 45.5 Å². The molecule has 2 aromatic heterocycles. The number of rotatable bonds is 2. The number of aromatic nitrogens is 3. The summed E-state index contributed by atoms with van der Waals surface area (Å²) in [5.41, 5.74) is -1.91. The minimum atomic E-state index is -4.90. The second kappa shape index (κ2) is 5.61. The standard InChI is InChI=1S/C16H13F4N3O2/c1-3-10-11-13(24)14(25)12(21-15(11)23(2)22-10)7-4-5-9(17)8(6-7)16(18,19)20/h4-6,25H,3H2,1-2H3,(H,21,24). The van der Waals surface area contributed by atoms with Crippen LogP contribution in [-0.2, 0) is 19.6 Å². The quantitative estimate of drug-likeness (QED) is 0.693. The van der Waals surface area contributed by atoms with E-state index in [0.717, 1.165) is 6.07 Å². The highest BCUT2D eigenvalue weighted by Crippen LogP contribution is 2.35. The van der Waals surface area contributed by atoms with Gasteiger partial charge in [-0.25, -0.2) is 4.39 Å². The van der Waals surface area contributed by atoms with E-state index in [0.29, 0.717) is 24.2 Å². The first-order valence-corrected chi connectivity index (χ1v) is 7.33. The number of nitrogens with one attached hydrogen (secondary N) is 1. The van der Waals surface area contributed by atoms with Crippen LogP contribution >= 0.6 is 0 Å². The number of nitrogens with zero attached hydrogens (tertiary/aromatic N) is 2. The number of halogens is 4. The Balaban J connectivity index is 2.32. The number of pyridine rings is 1. The third-order valence-corrected chi connectivity index (χ3v) is 3.94. The number of aromatic hydroxyl groups is 1. The van der Waals surface area contributed by atoms with E-state index in [1.54, 1.807) is 14.0 Å². The Labute approximate surface area is 138 Å². The van der Waals surface area contributed by atoms with Crippen LogP contribution in [0.2, 0.25) is 0 Å². The molecule has 3 aromatic rings. The van der Waals surface area contributed by atoms with E-state index < -0.39 is 28.7 Å². The van der Waals surface area contributed by atoms with Gasteiger partial charge in [-0.15, -0.1) is 0 Å². The molecule has 0 spiro atoms. The van der Waals surface area contributed by atoms with Gasteiger partial charge in [-0.1, -0.05) is 6.92 Å². The molecule has 0 radical (unpaired) electrons. The number of H-pyrrole nitrogens is 1. The molecule has 0 aliphatic rings. The van der Waals surface area contributed by atoms with Crippen molar-refractivity contribution in [2.75, 3.05) is 0 Å². The molecule has 0 saturated carbocycles. The second-order valence-corrected chi connectivity index (χ2v) is 5.52. The molecular formula is C16H13F4N3O2. The molecule has 0 bridgehead atoms. The zero-order valence-corrected chi connectivity index (χ0v) is 13.2. The van der Waals surface area contributed by atoms with Crippen LogP contribution in [-0.4, -0.2) is 19.9 Å². The van der Waals surface area contributed by atoms with Crippen molar-refractivity contribution in [2.45, 2.75) is 19.5 Å². The summed E-state index contributed by atoms with van der Waals surface area (Å²) in [4.78, 5) is 15.2. The van der Waals surface area contributed by atoms with Gasteiger partial charge in [0.2, 0.25) is 5.43 Å². The number of aryl methyl sites for hydroxylation is 2. The maximum Gasteiger partial charge on any atom is 0.419 e. The number of aromatic amines is 1. The lowest BCUT2D eigenvalue weighted by atomic mass is 10.0. The monoisotopic (exact) mass is 355 g/mol. The van der Waals surface area contributed by atoms with Crippen molar-refractivity contribution in [1.82, 2.24) is 14.8 Å².